The Labute approximate surface area is 127 Å². The number of aryl methyl sites for hydroxylation is 2. The zero-order valence-corrected chi connectivity index (χ0v) is 12.7. The minimum Gasteiger partial charge on any atom is -0.422 e. The molecule has 0 N–H and O–H groups in total. The average Bonchev–Trinajstić information content (AvgIpc) is 2.91. The van der Waals surface area contributed by atoms with Crippen molar-refractivity contribution in [2.45, 2.75) is 32.6 Å². The van der Waals surface area contributed by atoms with Crippen LogP contribution in [-0.2, 0) is 12.8 Å². The van der Waals surface area contributed by atoms with Crippen LogP contribution in [0.15, 0.2) is 30.3 Å². The Bertz CT molecular complexity index is 676. The molecular formula is C17H16O3S. The van der Waals surface area contributed by atoms with Crippen LogP contribution in [0, 0.1) is 0 Å². The van der Waals surface area contributed by atoms with Crippen LogP contribution in [-0.4, -0.2) is 11.8 Å². The van der Waals surface area contributed by atoms with Crippen molar-refractivity contribution in [3.8, 4) is 5.75 Å². The van der Waals surface area contributed by atoms with Gasteiger partial charge in [-0.25, -0.2) is 4.79 Å². The number of ether oxygens (including phenoxy) is 1. The maximum Gasteiger partial charge on any atom is 0.353 e. The van der Waals surface area contributed by atoms with Gasteiger partial charge in [0.15, 0.2) is 5.78 Å². The van der Waals surface area contributed by atoms with Crippen molar-refractivity contribution in [2.75, 3.05) is 0 Å². The molecule has 0 unspecified atom stereocenters. The van der Waals surface area contributed by atoms with Gasteiger partial charge in [-0.3, -0.25) is 4.79 Å². The monoisotopic (exact) mass is 300 g/mol. The standard InChI is InChI=1S/C17H16O3S/c1-11(18)12-6-4-7-14(9-12)20-17(19)16-10-13-5-2-3-8-15(13)21-16/h4,6-7,9-10H,2-3,5,8H2,1H3. The van der Waals surface area contributed by atoms with Crippen LogP contribution in [0.25, 0.3) is 0 Å². The first-order valence-corrected chi connectivity index (χ1v) is 7.90. The summed E-state index contributed by atoms with van der Waals surface area (Å²) in [6, 6.07) is 8.68. The van der Waals surface area contributed by atoms with Crippen LogP contribution in [0.4, 0.5) is 0 Å². The zero-order valence-electron chi connectivity index (χ0n) is 11.8. The number of thiophene rings is 1. The number of hydrogen-bond donors (Lipinski definition) is 0. The highest BCUT2D eigenvalue weighted by Crippen LogP contribution is 2.30. The molecule has 0 atom stereocenters. The van der Waals surface area contributed by atoms with Gasteiger partial charge in [0.1, 0.15) is 10.6 Å². The van der Waals surface area contributed by atoms with Crippen molar-refractivity contribution in [2.24, 2.45) is 0 Å². The molecule has 21 heavy (non-hydrogen) atoms. The molecule has 0 spiro atoms. The van der Waals surface area contributed by atoms with E-state index in [1.807, 2.05) is 6.07 Å². The van der Waals surface area contributed by atoms with Crippen LogP contribution >= 0.6 is 11.3 Å². The lowest BCUT2D eigenvalue weighted by Crippen LogP contribution is -2.07. The first-order chi connectivity index (χ1) is 10.1. The first-order valence-electron chi connectivity index (χ1n) is 7.08. The molecule has 108 valence electrons. The Balaban J connectivity index is 1.78. The highest BCUT2D eigenvalue weighted by molar-refractivity contribution is 7.14. The second kappa shape index (κ2) is 5.82. The molecule has 0 aliphatic heterocycles. The van der Waals surface area contributed by atoms with Crippen molar-refractivity contribution in [1.29, 1.82) is 0 Å². The van der Waals surface area contributed by atoms with Gasteiger partial charge in [0.25, 0.3) is 0 Å². The van der Waals surface area contributed by atoms with E-state index in [-0.39, 0.29) is 11.8 Å². The molecule has 0 saturated heterocycles. The molecule has 4 heteroatoms. The van der Waals surface area contributed by atoms with Crippen LogP contribution < -0.4 is 4.74 Å². The van der Waals surface area contributed by atoms with Crippen molar-refractivity contribution in [1.82, 2.24) is 0 Å². The lowest BCUT2D eigenvalue weighted by molar-refractivity contribution is 0.0738. The summed E-state index contributed by atoms with van der Waals surface area (Å²) in [7, 11) is 0. The van der Waals surface area contributed by atoms with Gasteiger partial charge in [0.2, 0.25) is 0 Å². The van der Waals surface area contributed by atoms with Gasteiger partial charge in [0, 0.05) is 10.4 Å². The normalized spacial score (nSPS) is 13.6. The van der Waals surface area contributed by atoms with Gasteiger partial charge in [-0.2, -0.15) is 0 Å². The topological polar surface area (TPSA) is 43.4 Å². The van der Waals surface area contributed by atoms with Crippen LogP contribution in [0.1, 0.15) is 50.2 Å². The van der Waals surface area contributed by atoms with E-state index in [1.165, 1.54) is 41.5 Å². The highest BCUT2D eigenvalue weighted by Gasteiger charge is 2.18. The summed E-state index contributed by atoms with van der Waals surface area (Å²) in [5.41, 5.74) is 1.83. The van der Waals surface area contributed by atoms with E-state index in [0.29, 0.717) is 16.2 Å². The first kappa shape index (κ1) is 14.0. The number of esters is 1. The maximum atomic E-state index is 12.2. The Morgan fingerprint density at radius 2 is 1.95 bits per heavy atom. The molecular weight excluding hydrogens is 284 g/mol. The minimum absolute atomic E-state index is 0.0421. The number of fused-ring (bicyclic) bond motifs is 1. The number of carbonyl (C=O) groups excluding carboxylic acids is 2. The second-order valence-electron chi connectivity index (χ2n) is 5.24. The SMILES string of the molecule is CC(=O)c1cccc(OC(=O)c2cc3c(s2)CCCC3)c1. The van der Waals surface area contributed by atoms with E-state index in [4.69, 9.17) is 4.74 Å². The lowest BCUT2D eigenvalue weighted by atomic mass is 9.99. The molecule has 0 amide bonds. The van der Waals surface area contributed by atoms with Crippen molar-refractivity contribution < 1.29 is 14.3 Å². The molecule has 0 bridgehead atoms. The van der Waals surface area contributed by atoms with Gasteiger partial charge in [-0.15, -0.1) is 11.3 Å². The summed E-state index contributed by atoms with van der Waals surface area (Å²) in [6.07, 6.45) is 4.51. The fourth-order valence-electron chi connectivity index (χ4n) is 2.53. The summed E-state index contributed by atoms with van der Waals surface area (Å²) >= 11 is 1.53. The van der Waals surface area contributed by atoms with Crippen LogP contribution in [0.5, 0.6) is 5.75 Å². The van der Waals surface area contributed by atoms with Crippen molar-refractivity contribution in [3.63, 3.8) is 0 Å². The Morgan fingerprint density at radius 1 is 1.14 bits per heavy atom. The predicted molar refractivity (Wildman–Crippen MR) is 82.4 cm³/mol. The second-order valence-corrected chi connectivity index (χ2v) is 6.38. The zero-order chi connectivity index (χ0) is 14.8. The summed E-state index contributed by atoms with van der Waals surface area (Å²) < 4.78 is 5.39. The fraction of sp³-hybridized carbons (Fsp3) is 0.294. The van der Waals surface area contributed by atoms with Gasteiger partial charge >= 0.3 is 5.97 Å². The number of hydrogen-bond acceptors (Lipinski definition) is 4. The van der Waals surface area contributed by atoms with Gasteiger partial charge in [-0.1, -0.05) is 12.1 Å². The predicted octanol–water partition coefficient (Wildman–Crippen LogP) is 4.05. The highest BCUT2D eigenvalue weighted by atomic mass is 32.1. The molecule has 0 fully saturated rings. The van der Waals surface area contributed by atoms with Crippen LogP contribution in [0.3, 0.4) is 0 Å². The molecule has 1 aliphatic rings. The number of carbonyl (C=O) groups is 2. The third-order valence-corrected chi connectivity index (χ3v) is 4.87. The van der Waals surface area contributed by atoms with Crippen molar-refractivity contribution >= 4 is 23.1 Å². The lowest BCUT2D eigenvalue weighted by Gasteiger charge is -2.08. The quantitative estimate of drug-likeness (QED) is 0.488. The Hall–Kier alpha value is -1.94. The van der Waals surface area contributed by atoms with Crippen molar-refractivity contribution in [3.05, 3.63) is 51.2 Å². The van der Waals surface area contributed by atoms with E-state index in [9.17, 15) is 9.59 Å². The number of rotatable bonds is 3. The smallest absolute Gasteiger partial charge is 0.353 e. The molecule has 1 aromatic carbocycles. The fourth-order valence-corrected chi connectivity index (χ4v) is 3.66. The largest absolute Gasteiger partial charge is 0.422 e. The molecule has 0 radical (unpaired) electrons. The van der Waals surface area contributed by atoms with Gasteiger partial charge in [0.05, 0.1) is 0 Å². The van der Waals surface area contributed by atoms with E-state index >= 15 is 0 Å². The molecule has 0 saturated carbocycles. The third kappa shape index (κ3) is 3.05. The Morgan fingerprint density at radius 3 is 2.71 bits per heavy atom. The third-order valence-electron chi connectivity index (χ3n) is 3.65. The number of ketones is 1. The van der Waals surface area contributed by atoms with Gasteiger partial charge in [-0.05, 0) is 56.4 Å². The average molecular weight is 300 g/mol. The number of benzene rings is 1. The summed E-state index contributed by atoms with van der Waals surface area (Å²) in [5.74, 6) is 0.0358. The molecule has 1 heterocycles. The molecule has 2 aromatic rings. The summed E-state index contributed by atoms with van der Waals surface area (Å²) in [4.78, 5) is 25.5. The van der Waals surface area contributed by atoms with Crippen LogP contribution in [0.2, 0.25) is 0 Å². The molecule has 3 nitrogen and oxygen atoms in total. The summed E-state index contributed by atoms with van der Waals surface area (Å²) in [6.45, 7) is 1.49. The van der Waals surface area contributed by atoms with Gasteiger partial charge < -0.3 is 4.74 Å². The minimum atomic E-state index is -0.338. The van der Waals surface area contributed by atoms with E-state index in [1.54, 1.807) is 24.3 Å². The summed E-state index contributed by atoms with van der Waals surface area (Å²) in [5, 5.41) is 0. The molecule has 1 aromatic heterocycles. The van der Waals surface area contributed by atoms with E-state index in [0.717, 1.165) is 12.8 Å². The van der Waals surface area contributed by atoms with E-state index < -0.39 is 0 Å². The van der Waals surface area contributed by atoms with E-state index in [2.05, 4.69) is 0 Å². The maximum absolute atomic E-state index is 12.2. The number of Topliss-reactive ketones (excluding diaryl/α,β-unsaturated/α-hetero) is 1. The Kier molecular flexibility index (Phi) is 3.88. The molecule has 1 aliphatic carbocycles. The molecule has 3 rings (SSSR count).